The molecule has 0 aromatic heterocycles. The summed E-state index contributed by atoms with van der Waals surface area (Å²) in [5, 5.41) is 0. The van der Waals surface area contributed by atoms with E-state index in [0.29, 0.717) is 0 Å². The van der Waals surface area contributed by atoms with Crippen molar-refractivity contribution in [3.05, 3.63) is 34.9 Å². The molecule has 0 amide bonds. The lowest BCUT2D eigenvalue weighted by atomic mass is 9.86. The average Bonchev–Trinajstić information content (AvgIpc) is 2.41. The van der Waals surface area contributed by atoms with Crippen molar-refractivity contribution in [3.8, 4) is 0 Å². The monoisotopic (exact) mass is 262 g/mol. The highest BCUT2D eigenvalue weighted by atomic mass is 15.2. The van der Waals surface area contributed by atoms with Gasteiger partial charge in [0, 0.05) is 6.04 Å². The highest BCUT2D eigenvalue weighted by molar-refractivity contribution is 5.36. The van der Waals surface area contributed by atoms with E-state index in [4.69, 9.17) is 5.84 Å². The van der Waals surface area contributed by atoms with Crippen molar-refractivity contribution in [3.63, 3.8) is 0 Å². The van der Waals surface area contributed by atoms with Gasteiger partial charge in [0.05, 0.1) is 0 Å². The van der Waals surface area contributed by atoms with Gasteiger partial charge in [-0.2, -0.15) is 0 Å². The molecular weight excluding hydrogens is 232 g/mol. The molecule has 0 saturated carbocycles. The van der Waals surface area contributed by atoms with Gasteiger partial charge in [0.2, 0.25) is 0 Å². The molecule has 0 bridgehead atoms. The average molecular weight is 262 g/mol. The number of nitrogens with two attached hydrogens (primary N) is 1. The van der Waals surface area contributed by atoms with Crippen LogP contribution in [0.4, 0.5) is 0 Å². The fraction of sp³-hybridized carbons (Fsp3) is 0.647. The van der Waals surface area contributed by atoms with Gasteiger partial charge in [0.1, 0.15) is 0 Å². The van der Waals surface area contributed by atoms with Gasteiger partial charge in [-0.25, -0.2) is 0 Å². The smallest absolute Gasteiger partial charge is 0.0467 e. The van der Waals surface area contributed by atoms with Crippen molar-refractivity contribution in [2.75, 3.05) is 0 Å². The molecule has 0 aliphatic heterocycles. The van der Waals surface area contributed by atoms with Crippen molar-refractivity contribution >= 4 is 0 Å². The van der Waals surface area contributed by atoms with E-state index in [-0.39, 0.29) is 6.04 Å². The third-order valence-corrected chi connectivity index (χ3v) is 4.20. The molecule has 1 aromatic rings. The van der Waals surface area contributed by atoms with Crippen molar-refractivity contribution in [1.82, 2.24) is 5.43 Å². The Morgan fingerprint density at radius 3 is 2.26 bits per heavy atom. The maximum atomic E-state index is 5.82. The first-order valence-electron chi connectivity index (χ1n) is 7.66. The minimum Gasteiger partial charge on any atom is -0.271 e. The Kier molecular flexibility index (Phi) is 7.11. The number of benzene rings is 1. The van der Waals surface area contributed by atoms with Crippen LogP contribution >= 0.6 is 0 Å². The second-order valence-corrected chi connectivity index (χ2v) is 5.68. The number of hydrogen-bond donors (Lipinski definition) is 2. The Morgan fingerprint density at radius 2 is 1.79 bits per heavy atom. The Morgan fingerprint density at radius 1 is 1.16 bits per heavy atom. The maximum absolute atomic E-state index is 5.82. The summed E-state index contributed by atoms with van der Waals surface area (Å²) in [6.45, 7) is 8.91. The van der Waals surface area contributed by atoms with Crippen molar-refractivity contribution < 1.29 is 0 Å². The van der Waals surface area contributed by atoms with Gasteiger partial charge in [0.25, 0.3) is 0 Å². The lowest BCUT2D eigenvalue weighted by Gasteiger charge is -2.25. The van der Waals surface area contributed by atoms with Crippen LogP contribution in [0.3, 0.4) is 0 Å². The Bertz CT molecular complexity index is 353. The Hall–Kier alpha value is -0.860. The number of hydrazine groups is 1. The maximum Gasteiger partial charge on any atom is 0.0467 e. The van der Waals surface area contributed by atoms with Crippen LogP contribution < -0.4 is 11.3 Å². The van der Waals surface area contributed by atoms with Gasteiger partial charge in [-0.15, -0.1) is 0 Å². The van der Waals surface area contributed by atoms with E-state index in [0.717, 1.165) is 12.3 Å². The van der Waals surface area contributed by atoms with Gasteiger partial charge in [-0.3, -0.25) is 11.3 Å². The quantitative estimate of drug-likeness (QED) is 0.538. The van der Waals surface area contributed by atoms with Crippen LogP contribution in [0.25, 0.3) is 0 Å². The van der Waals surface area contributed by atoms with Crippen molar-refractivity contribution in [1.29, 1.82) is 0 Å². The van der Waals surface area contributed by atoms with Gasteiger partial charge < -0.3 is 0 Å². The lowest BCUT2D eigenvalue weighted by molar-refractivity contribution is 0.355. The predicted octanol–water partition coefficient (Wildman–Crippen LogP) is 4.41. The molecule has 0 saturated heterocycles. The standard InChI is InChI=1S/C17H30N2/c1-5-7-11-15(6-2)12-16(19-18)17-13(3)9-8-10-14(17)4/h8-10,15-16,19H,5-7,11-12,18H2,1-4H3. The summed E-state index contributed by atoms with van der Waals surface area (Å²) >= 11 is 0. The van der Waals surface area contributed by atoms with Gasteiger partial charge in [-0.1, -0.05) is 57.7 Å². The van der Waals surface area contributed by atoms with Crippen LogP contribution in [0, 0.1) is 19.8 Å². The number of unbranched alkanes of at least 4 members (excludes halogenated alkanes) is 1. The molecule has 0 aliphatic rings. The molecule has 1 rings (SSSR count). The summed E-state index contributed by atoms with van der Waals surface area (Å²) in [5.41, 5.74) is 7.11. The normalized spacial score (nSPS) is 14.4. The van der Waals surface area contributed by atoms with Crippen LogP contribution in [0.15, 0.2) is 18.2 Å². The van der Waals surface area contributed by atoms with E-state index < -0.39 is 0 Å². The van der Waals surface area contributed by atoms with Gasteiger partial charge in [0.15, 0.2) is 0 Å². The molecule has 0 heterocycles. The number of aryl methyl sites for hydroxylation is 2. The van der Waals surface area contributed by atoms with Crippen LogP contribution in [0.2, 0.25) is 0 Å². The molecule has 0 spiro atoms. The topological polar surface area (TPSA) is 38.0 Å². The molecule has 2 nitrogen and oxygen atoms in total. The molecule has 19 heavy (non-hydrogen) atoms. The van der Waals surface area contributed by atoms with Crippen LogP contribution in [0.1, 0.15) is 68.7 Å². The second-order valence-electron chi connectivity index (χ2n) is 5.68. The zero-order valence-electron chi connectivity index (χ0n) is 13.0. The van der Waals surface area contributed by atoms with E-state index in [1.807, 2.05) is 0 Å². The number of rotatable bonds is 8. The molecule has 108 valence electrons. The highest BCUT2D eigenvalue weighted by Crippen LogP contribution is 2.29. The third-order valence-electron chi connectivity index (χ3n) is 4.20. The first-order valence-corrected chi connectivity index (χ1v) is 7.66. The van der Waals surface area contributed by atoms with Crippen LogP contribution in [0.5, 0.6) is 0 Å². The van der Waals surface area contributed by atoms with E-state index in [1.54, 1.807) is 0 Å². The zero-order chi connectivity index (χ0) is 14.3. The first-order chi connectivity index (χ1) is 9.13. The number of nitrogens with one attached hydrogen (secondary N) is 1. The summed E-state index contributed by atoms with van der Waals surface area (Å²) in [4.78, 5) is 0. The molecule has 2 unspecified atom stereocenters. The molecule has 2 atom stereocenters. The Labute approximate surface area is 118 Å². The van der Waals surface area contributed by atoms with E-state index in [1.165, 1.54) is 42.4 Å². The summed E-state index contributed by atoms with van der Waals surface area (Å²) in [7, 11) is 0. The molecular formula is C17H30N2. The highest BCUT2D eigenvalue weighted by Gasteiger charge is 2.18. The number of hydrogen-bond acceptors (Lipinski definition) is 2. The van der Waals surface area contributed by atoms with Gasteiger partial charge >= 0.3 is 0 Å². The summed E-state index contributed by atoms with van der Waals surface area (Å²) in [6, 6.07) is 6.76. The van der Waals surface area contributed by atoms with Crippen molar-refractivity contribution in [2.45, 2.75) is 65.8 Å². The molecule has 0 fully saturated rings. The predicted molar refractivity (Wildman–Crippen MR) is 83.9 cm³/mol. The van der Waals surface area contributed by atoms with Crippen molar-refractivity contribution in [2.24, 2.45) is 11.8 Å². The minimum atomic E-state index is 0.281. The van der Waals surface area contributed by atoms with E-state index >= 15 is 0 Å². The van der Waals surface area contributed by atoms with Crippen LogP contribution in [-0.4, -0.2) is 0 Å². The molecule has 0 radical (unpaired) electrons. The largest absolute Gasteiger partial charge is 0.271 e. The second kappa shape index (κ2) is 8.34. The first kappa shape index (κ1) is 16.2. The molecule has 0 aliphatic carbocycles. The SMILES string of the molecule is CCCCC(CC)CC(NN)c1c(C)cccc1C. The molecule has 1 aromatic carbocycles. The molecule has 3 N–H and O–H groups in total. The molecule has 2 heteroatoms. The zero-order valence-corrected chi connectivity index (χ0v) is 13.0. The fourth-order valence-corrected chi connectivity index (χ4v) is 2.96. The summed E-state index contributed by atoms with van der Waals surface area (Å²) < 4.78 is 0. The summed E-state index contributed by atoms with van der Waals surface area (Å²) in [5.74, 6) is 6.59. The van der Waals surface area contributed by atoms with E-state index in [9.17, 15) is 0 Å². The van der Waals surface area contributed by atoms with Crippen LogP contribution in [-0.2, 0) is 0 Å². The summed E-state index contributed by atoms with van der Waals surface area (Å²) in [6.07, 6.45) is 6.29. The minimum absolute atomic E-state index is 0.281. The fourth-order valence-electron chi connectivity index (χ4n) is 2.96. The third kappa shape index (κ3) is 4.63. The lowest BCUT2D eigenvalue weighted by Crippen LogP contribution is -2.30. The van der Waals surface area contributed by atoms with E-state index in [2.05, 4.69) is 51.3 Å². The Balaban J connectivity index is 2.82. The van der Waals surface area contributed by atoms with Gasteiger partial charge in [-0.05, 0) is 42.9 Å².